The zero-order valence-electron chi connectivity index (χ0n) is 12.4. The molecule has 7 nitrogen and oxygen atoms in total. The maximum Gasteiger partial charge on any atom is 0.371 e. The van der Waals surface area contributed by atoms with Crippen LogP contribution in [0.3, 0.4) is 0 Å². The van der Waals surface area contributed by atoms with Gasteiger partial charge in [0.15, 0.2) is 0 Å². The second-order valence-electron chi connectivity index (χ2n) is 5.06. The largest absolute Gasteiger partial charge is 0.475 e. The minimum Gasteiger partial charge on any atom is -0.475 e. The van der Waals surface area contributed by atoms with E-state index in [1.165, 1.54) is 6.92 Å². The molecule has 0 unspecified atom stereocenters. The van der Waals surface area contributed by atoms with E-state index in [9.17, 15) is 13.2 Å². The first kappa shape index (κ1) is 17.7. The topological polar surface area (TPSA) is 106 Å². The monoisotopic (exact) mass is 319 g/mol. The van der Waals surface area contributed by atoms with Crippen LogP contribution in [0.1, 0.15) is 36.6 Å². The number of hydrogen-bond acceptors (Lipinski definition) is 5. The van der Waals surface area contributed by atoms with E-state index in [2.05, 4.69) is 4.72 Å². The third-order valence-corrected chi connectivity index (χ3v) is 4.15. The van der Waals surface area contributed by atoms with E-state index in [4.69, 9.17) is 14.3 Å². The molecule has 0 aliphatic carbocycles. The van der Waals surface area contributed by atoms with Crippen molar-refractivity contribution in [2.45, 2.75) is 32.1 Å². The zero-order chi connectivity index (χ0) is 16.0. The van der Waals surface area contributed by atoms with E-state index in [0.717, 1.165) is 6.07 Å². The lowest BCUT2D eigenvalue weighted by atomic mass is 10.2. The van der Waals surface area contributed by atoms with Crippen molar-refractivity contribution in [1.82, 2.24) is 4.72 Å². The molecule has 0 aromatic carbocycles. The van der Waals surface area contributed by atoms with Gasteiger partial charge in [0.1, 0.15) is 10.7 Å². The van der Waals surface area contributed by atoms with E-state index in [1.807, 2.05) is 13.8 Å². The second-order valence-corrected chi connectivity index (χ2v) is 6.79. The van der Waals surface area contributed by atoms with E-state index >= 15 is 0 Å². The van der Waals surface area contributed by atoms with Crippen molar-refractivity contribution >= 4 is 16.0 Å². The van der Waals surface area contributed by atoms with Gasteiger partial charge in [-0.25, -0.2) is 17.9 Å². The number of carboxylic acid groups (broad SMARTS) is 1. The zero-order valence-corrected chi connectivity index (χ0v) is 13.2. The minimum absolute atomic E-state index is 0.0518. The normalized spacial score (nSPS) is 12.0. The van der Waals surface area contributed by atoms with Gasteiger partial charge in [-0.1, -0.05) is 13.8 Å². The van der Waals surface area contributed by atoms with Crippen molar-refractivity contribution < 1.29 is 27.5 Å². The van der Waals surface area contributed by atoms with Crippen molar-refractivity contribution in [2.24, 2.45) is 5.92 Å². The molecule has 2 N–H and O–H groups in total. The van der Waals surface area contributed by atoms with Crippen LogP contribution in [0.2, 0.25) is 0 Å². The molecular formula is C13H21NO6S. The van der Waals surface area contributed by atoms with E-state index in [-0.39, 0.29) is 17.2 Å². The summed E-state index contributed by atoms with van der Waals surface area (Å²) in [5.41, 5.74) is 0. The Morgan fingerprint density at radius 1 is 1.48 bits per heavy atom. The highest BCUT2D eigenvalue weighted by Gasteiger charge is 2.23. The number of hydrogen-bond donors (Lipinski definition) is 2. The summed E-state index contributed by atoms with van der Waals surface area (Å²) >= 11 is 0. The van der Waals surface area contributed by atoms with Crippen LogP contribution in [0.25, 0.3) is 0 Å². The minimum atomic E-state index is -3.77. The highest BCUT2D eigenvalue weighted by atomic mass is 32.2. The quantitative estimate of drug-likeness (QED) is 0.670. The Bertz CT molecular complexity index is 575. The summed E-state index contributed by atoms with van der Waals surface area (Å²) in [4.78, 5) is 10.6. The van der Waals surface area contributed by atoms with Crippen LogP contribution in [0.4, 0.5) is 0 Å². The Morgan fingerprint density at radius 2 is 2.14 bits per heavy atom. The number of furan rings is 1. The van der Waals surface area contributed by atoms with Gasteiger partial charge in [0.2, 0.25) is 15.8 Å². The van der Waals surface area contributed by atoms with Crippen molar-refractivity contribution in [2.75, 3.05) is 19.8 Å². The first-order valence-corrected chi connectivity index (χ1v) is 8.13. The van der Waals surface area contributed by atoms with Gasteiger partial charge in [-0.2, -0.15) is 0 Å². The lowest BCUT2D eigenvalue weighted by molar-refractivity contribution is 0.0661. The molecule has 0 aliphatic heterocycles. The molecule has 0 bridgehead atoms. The predicted octanol–water partition coefficient (Wildman–Crippen LogP) is 1.63. The molecule has 0 saturated heterocycles. The van der Waals surface area contributed by atoms with Crippen molar-refractivity contribution in [3.63, 3.8) is 0 Å². The number of carboxylic acids is 1. The van der Waals surface area contributed by atoms with Gasteiger partial charge in [0, 0.05) is 25.8 Å². The first-order valence-electron chi connectivity index (χ1n) is 6.65. The van der Waals surface area contributed by atoms with Gasteiger partial charge < -0.3 is 14.3 Å². The molecule has 1 heterocycles. The van der Waals surface area contributed by atoms with Crippen molar-refractivity contribution in [3.05, 3.63) is 17.6 Å². The molecule has 1 rings (SSSR count). The fourth-order valence-corrected chi connectivity index (χ4v) is 2.87. The molecule has 0 aliphatic rings. The molecule has 0 amide bonds. The van der Waals surface area contributed by atoms with Crippen molar-refractivity contribution in [1.29, 1.82) is 0 Å². The van der Waals surface area contributed by atoms with Crippen LogP contribution in [-0.4, -0.2) is 39.3 Å². The smallest absolute Gasteiger partial charge is 0.371 e. The summed E-state index contributed by atoms with van der Waals surface area (Å²) in [5.74, 6) is -1.21. The molecular weight excluding hydrogens is 298 g/mol. The summed E-state index contributed by atoms with van der Waals surface area (Å²) in [6.07, 6.45) is 0.536. The molecule has 0 saturated carbocycles. The number of aromatic carboxylic acids is 1. The third-order valence-electron chi connectivity index (χ3n) is 2.58. The molecule has 1 aromatic heterocycles. The Kier molecular flexibility index (Phi) is 6.38. The SMILES string of the molecule is Cc1oc(C(=O)O)cc1S(=O)(=O)NCCCOCC(C)C. The summed E-state index contributed by atoms with van der Waals surface area (Å²) in [5, 5.41) is 8.78. The Balaban J connectivity index is 2.52. The molecule has 1 aromatic rings. The van der Waals surface area contributed by atoms with Crippen molar-refractivity contribution in [3.8, 4) is 0 Å². The van der Waals surface area contributed by atoms with Gasteiger partial charge >= 0.3 is 5.97 Å². The van der Waals surface area contributed by atoms with Gasteiger partial charge in [-0.05, 0) is 19.3 Å². The molecule has 21 heavy (non-hydrogen) atoms. The average Bonchev–Trinajstić information content (AvgIpc) is 2.76. The fraction of sp³-hybridized carbons (Fsp3) is 0.615. The first-order chi connectivity index (χ1) is 9.74. The molecule has 0 atom stereocenters. The van der Waals surface area contributed by atoms with Gasteiger partial charge in [-0.15, -0.1) is 0 Å². The second kappa shape index (κ2) is 7.58. The number of ether oxygens (including phenoxy) is 1. The van der Waals surface area contributed by atoms with Crippen LogP contribution < -0.4 is 4.72 Å². The number of sulfonamides is 1. The summed E-state index contributed by atoms with van der Waals surface area (Å²) < 4.78 is 36.7. The fourth-order valence-electron chi connectivity index (χ4n) is 1.62. The standard InChI is InChI=1S/C13H21NO6S/c1-9(2)8-19-6-4-5-14-21(17,18)12-7-11(13(15)16)20-10(12)3/h7,9,14H,4-6,8H2,1-3H3,(H,15,16). The summed E-state index contributed by atoms with van der Waals surface area (Å²) in [7, 11) is -3.77. The summed E-state index contributed by atoms with van der Waals surface area (Å²) in [6.45, 7) is 6.79. The number of rotatable bonds is 9. The van der Waals surface area contributed by atoms with Crippen LogP contribution in [0.5, 0.6) is 0 Å². The molecule has 8 heteroatoms. The van der Waals surface area contributed by atoms with E-state index in [1.54, 1.807) is 0 Å². The number of nitrogens with one attached hydrogen (secondary N) is 1. The lowest BCUT2D eigenvalue weighted by Crippen LogP contribution is -2.26. The lowest BCUT2D eigenvalue weighted by Gasteiger charge is -2.08. The van der Waals surface area contributed by atoms with Crippen LogP contribution in [0, 0.1) is 12.8 Å². The van der Waals surface area contributed by atoms with Gasteiger partial charge in [-0.3, -0.25) is 0 Å². The Hall–Kier alpha value is -1.38. The third kappa shape index (κ3) is 5.49. The molecule has 0 spiro atoms. The molecule has 120 valence electrons. The van der Waals surface area contributed by atoms with E-state index in [0.29, 0.717) is 25.6 Å². The van der Waals surface area contributed by atoms with Crippen LogP contribution in [-0.2, 0) is 14.8 Å². The maximum absolute atomic E-state index is 12.0. The number of aryl methyl sites for hydroxylation is 1. The predicted molar refractivity (Wildman–Crippen MR) is 75.9 cm³/mol. The van der Waals surface area contributed by atoms with Crippen LogP contribution >= 0.6 is 0 Å². The average molecular weight is 319 g/mol. The van der Waals surface area contributed by atoms with Gasteiger partial charge in [0.25, 0.3) is 0 Å². The van der Waals surface area contributed by atoms with E-state index < -0.39 is 21.8 Å². The van der Waals surface area contributed by atoms with Crippen LogP contribution in [0.15, 0.2) is 15.4 Å². The highest BCUT2D eigenvalue weighted by molar-refractivity contribution is 7.89. The molecule has 0 fully saturated rings. The Labute approximate surface area is 124 Å². The Morgan fingerprint density at radius 3 is 2.67 bits per heavy atom. The highest BCUT2D eigenvalue weighted by Crippen LogP contribution is 2.19. The molecule has 0 radical (unpaired) electrons. The van der Waals surface area contributed by atoms with Gasteiger partial charge in [0.05, 0.1) is 0 Å². The maximum atomic E-state index is 12.0. The summed E-state index contributed by atoms with van der Waals surface area (Å²) in [6, 6.07) is 1.01. The number of carbonyl (C=O) groups is 1.